The molecular weight excluding hydrogens is 354 g/mol. The molecule has 0 unspecified atom stereocenters. The topological polar surface area (TPSA) is 89.4 Å². The number of amides is 3. The van der Waals surface area contributed by atoms with Crippen LogP contribution in [0.4, 0.5) is 4.79 Å². The number of rotatable bonds is 6. The summed E-state index contributed by atoms with van der Waals surface area (Å²) in [7, 11) is 1.62. The number of nitrogens with zero attached hydrogens (tertiary/aromatic N) is 4. The van der Waals surface area contributed by atoms with Gasteiger partial charge in [0.05, 0.1) is 12.4 Å². The second-order valence-corrected chi connectivity index (χ2v) is 7.07. The molecule has 1 aliphatic rings. The Hall–Kier alpha value is -2.55. The zero-order valence-corrected chi connectivity index (χ0v) is 15.7. The molecule has 2 heterocycles. The molecule has 1 N–H and O–H groups in total. The van der Waals surface area contributed by atoms with E-state index >= 15 is 0 Å². The second kappa shape index (κ2) is 7.77. The molecule has 0 aliphatic carbocycles. The number of ether oxygens (including phenoxy) is 1. The van der Waals surface area contributed by atoms with Crippen molar-refractivity contribution < 1.29 is 14.3 Å². The second-order valence-electron chi connectivity index (χ2n) is 5.76. The third-order valence-electron chi connectivity index (χ3n) is 4.13. The summed E-state index contributed by atoms with van der Waals surface area (Å²) in [5.74, 6) is 1.28. The summed E-state index contributed by atoms with van der Waals surface area (Å²) in [6.45, 7) is 5.35. The van der Waals surface area contributed by atoms with Crippen LogP contribution in [-0.2, 0) is 11.3 Å². The van der Waals surface area contributed by atoms with E-state index in [1.807, 2.05) is 35.8 Å². The lowest BCUT2D eigenvalue weighted by Crippen LogP contribution is -2.39. The Kier molecular flexibility index (Phi) is 5.46. The molecule has 0 spiro atoms. The Morgan fingerprint density at radius 1 is 1.35 bits per heavy atom. The minimum atomic E-state index is -0.433. The normalized spacial score (nSPS) is 15.0. The van der Waals surface area contributed by atoms with E-state index in [1.165, 1.54) is 16.7 Å². The number of aromatic nitrogens is 3. The standard InChI is InChI=1S/C17H21N5O3S/c1-4-21-14(12-5-7-13(25-3)8-6-12)19-20-17(21)26-11(2)15(23)22-10-9-18-16(22)24/h5-8,11H,4,9-10H2,1-3H3,(H,18,24)/t11-/m1/s1. The molecule has 1 saturated heterocycles. The first-order valence-corrected chi connectivity index (χ1v) is 9.26. The Morgan fingerprint density at radius 2 is 2.08 bits per heavy atom. The average Bonchev–Trinajstić information content (AvgIpc) is 3.27. The number of hydrogen-bond acceptors (Lipinski definition) is 6. The smallest absolute Gasteiger partial charge is 0.324 e. The highest BCUT2D eigenvalue weighted by Gasteiger charge is 2.31. The van der Waals surface area contributed by atoms with Crippen LogP contribution in [0.25, 0.3) is 11.4 Å². The van der Waals surface area contributed by atoms with Crippen molar-refractivity contribution in [1.29, 1.82) is 0 Å². The van der Waals surface area contributed by atoms with E-state index < -0.39 is 5.25 Å². The van der Waals surface area contributed by atoms with Gasteiger partial charge in [-0.1, -0.05) is 11.8 Å². The molecule has 0 saturated carbocycles. The number of carbonyl (C=O) groups excluding carboxylic acids is 2. The Morgan fingerprint density at radius 3 is 2.65 bits per heavy atom. The largest absolute Gasteiger partial charge is 0.497 e. The van der Waals surface area contributed by atoms with Gasteiger partial charge in [0.25, 0.3) is 0 Å². The zero-order valence-electron chi connectivity index (χ0n) is 14.9. The number of hydrogen-bond donors (Lipinski definition) is 1. The van der Waals surface area contributed by atoms with E-state index in [-0.39, 0.29) is 11.9 Å². The Bertz CT molecular complexity index is 805. The minimum Gasteiger partial charge on any atom is -0.497 e. The van der Waals surface area contributed by atoms with Crippen LogP contribution >= 0.6 is 11.8 Å². The summed E-state index contributed by atoms with van der Waals surface area (Å²) >= 11 is 1.31. The van der Waals surface area contributed by atoms with Crippen LogP contribution in [0.3, 0.4) is 0 Å². The van der Waals surface area contributed by atoms with Crippen molar-refractivity contribution in [1.82, 2.24) is 25.0 Å². The molecular formula is C17H21N5O3S. The molecule has 1 atom stereocenters. The quantitative estimate of drug-likeness (QED) is 0.777. The van der Waals surface area contributed by atoms with E-state index in [9.17, 15) is 9.59 Å². The fourth-order valence-electron chi connectivity index (χ4n) is 2.72. The first-order valence-electron chi connectivity index (χ1n) is 8.38. The molecule has 0 bridgehead atoms. The lowest BCUT2D eigenvalue weighted by molar-refractivity contribution is -0.126. The fraction of sp³-hybridized carbons (Fsp3) is 0.412. The number of benzene rings is 1. The number of carbonyl (C=O) groups is 2. The average molecular weight is 375 g/mol. The third-order valence-corrected chi connectivity index (χ3v) is 5.20. The van der Waals surface area contributed by atoms with Gasteiger partial charge >= 0.3 is 6.03 Å². The number of urea groups is 1. The number of nitrogens with one attached hydrogen (secondary N) is 1. The van der Waals surface area contributed by atoms with Crippen LogP contribution in [0.2, 0.25) is 0 Å². The monoisotopic (exact) mass is 375 g/mol. The van der Waals surface area contributed by atoms with E-state index in [1.54, 1.807) is 14.0 Å². The highest BCUT2D eigenvalue weighted by molar-refractivity contribution is 8.00. The maximum absolute atomic E-state index is 12.5. The molecule has 8 nitrogen and oxygen atoms in total. The summed E-state index contributed by atoms with van der Waals surface area (Å²) in [5.41, 5.74) is 0.921. The molecule has 9 heteroatoms. The van der Waals surface area contributed by atoms with Crippen molar-refractivity contribution in [2.45, 2.75) is 30.8 Å². The molecule has 0 radical (unpaired) electrons. The molecule has 138 valence electrons. The van der Waals surface area contributed by atoms with Gasteiger partial charge in [-0.2, -0.15) is 0 Å². The van der Waals surface area contributed by atoms with Gasteiger partial charge in [-0.15, -0.1) is 10.2 Å². The first kappa shape index (κ1) is 18.2. The number of methoxy groups -OCH3 is 1. The van der Waals surface area contributed by atoms with Crippen LogP contribution in [0.1, 0.15) is 13.8 Å². The predicted octanol–water partition coefficient (Wildman–Crippen LogP) is 2.01. The highest BCUT2D eigenvalue weighted by Crippen LogP contribution is 2.28. The van der Waals surface area contributed by atoms with Crippen LogP contribution in [0.15, 0.2) is 29.4 Å². The summed E-state index contributed by atoms with van der Waals surface area (Å²) in [6.07, 6.45) is 0. The van der Waals surface area contributed by atoms with Gasteiger partial charge in [-0.3, -0.25) is 9.69 Å². The number of imide groups is 1. The van der Waals surface area contributed by atoms with E-state index in [0.29, 0.717) is 24.8 Å². The van der Waals surface area contributed by atoms with Crippen LogP contribution in [0, 0.1) is 0 Å². The van der Waals surface area contributed by atoms with Gasteiger partial charge < -0.3 is 14.6 Å². The van der Waals surface area contributed by atoms with Gasteiger partial charge in [0, 0.05) is 25.2 Å². The summed E-state index contributed by atoms with van der Waals surface area (Å²) in [6, 6.07) is 7.25. The van der Waals surface area contributed by atoms with Gasteiger partial charge in [0.15, 0.2) is 11.0 Å². The van der Waals surface area contributed by atoms with Crippen LogP contribution < -0.4 is 10.1 Å². The minimum absolute atomic E-state index is 0.221. The van der Waals surface area contributed by atoms with Crippen molar-refractivity contribution in [3.8, 4) is 17.1 Å². The number of thioether (sulfide) groups is 1. The summed E-state index contributed by atoms with van der Waals surface area (Å²) < 4.78 is 7.14. The first-order chi connectivity index (χ1) is 12.5. The van der Waals surface area contributed by atoms with E-state index in [2.05, 4.69) is 15.5 Å². The Balaban J connectivity index is 1.79. The van der Waals surface area contributed by atoms with Crippen LogP contribution in [0.5, 0.6) is 5.75 Å². The van der Waals surface area contributed by atoms with Crippen molar-refractivity contribution in [2.75, 3.05) is 20.2 Å². The molecule has 1 aliphatic heterocycles. The summed E-state index contributed by atoms with van der Waals surface area (Å²) in [4.78, 5) is 25.4. The van der Waals surface area contributed by atoms with Crippen molar-refractivity contribution in [2.24, 2.45) is 0 Å². The van der Waals surface area contributed by atoms with Gasteiger partial charge in [0.1, 0.15) is 5.75 Å². The van der Waals surface area contributed by atoms with Crippen molar-refractivity contribution in [3.05, 3.63) is 24.3 Å². The maximum atomic E-state index is 12.5. The molecule has 2 aromatic rings. The molecule has 1 fully saturated rings. The molecule has 1 aromatic heterocycles. The fourth-order valence-corrected chi connectivity index (χ4v) is 3.70. The Labute approximate surface area is 155 Å². The van der Waals surface area contributed by atoms with Gasteiger partial charge in [-0.25, -0.2) is 4.79 Å². The van der Waals surface area contributed by atoms with Crippen LogP contribution in [-0.4, -0.2) is 57.1 Å². The molecule has 3 rings (SSSR count). The highest BCUT2D eigenvalue weighted by atomic mass is 32.2. The van der Waals surface area contributed by atoms with Crippen molar-refractivity contribution in [3.63, 3.8) is 0 Å². The van der Waals surface area contributed by atoms with Gasteiger partial charge in [0.2, 0.25) is 5.91 Å². The third kappa shape index (κ3) is 3.52. The van der Waals surface area contributed by atoms with Crippen molar-refractivity contribution >= 4 is 23.7 Å². The molecule has 1 aromatic carbocycles. The van der Waals surface area contributed by atoms with Gasteiger partial charge in [-0.05, 0) is 38.1 Å². The zero-order chi connectivity index (χ0) is 18.7. The SMILES string of the molecule is CCn1c(S[C@H](C)C(=O)N2CCNC2=O)nnc1-c1ccc(OC)cc1. The lowest BCUT2D eigenvalue weighted by Gasteiger charge is -2.17. The summed E-state index contributed by atoms with van der Waals surface area (Å²) in [5, 5.41) is 11.4. The van der Waals surface area contributed by atoms with E-state index in [4.69, 9.17) is 4.74 Å². The lowest BCUT2D eigenvalue weighted by atomic mass is 10.2. The molecule has 26 heavy (non-hydrogen) atoms. The maximum Gasteiger partial charge on any atom is 0.324 e. The molecule has 3 amide bonds. The predicted molar refractivity (Wildman–Crippen MR) is 98.1 cm³/mol. The van der Waals surface area contributed by atoms with E-state index in [0.717, 1.165) is 17.1 Å².